The third kappa shape index (κ3) is 6.65. The topological polar surface area (TPSA) is 51.4 Å². The number of benzene rings is 2. The van der Waals surface area contributed by atoms with Crippen LogP contribution in [0, 0.1) is 6.92 Å². The Kier molecular flexibility index (Phi) is 8.82. The molecule has 0 fully saturated rings. The lowest BCUT2D eigenvalue weighted by Crippen LogP contribution is -2.41. The molecule has 0 spiro atoms. The first kappa shape index (κ1) is 24.0. The van der Waals surface area contributed by atoms with Gasteiger partial charge in [0.25, 0.3) is 5.56 Å². The molecule has 0 radical (unpaired) electrons. The molecule has 2 N–H and O–H groups in total. The van der Waals surface area contributed by atoms with Crippen LogP contribution in [0.25, 0.3) is 10.9 Å². The Hall–Kier alpha value is -2.70. The minimum Gasteiger partial charge on any atom is -0.363 e. The molecule has 0 aliphatic heterocycles. The number of rotatable bonds is 10. The largest absolute Gasteiger partial charge is 0.363 e. The average Bonchev–Trinajstić information content (AvgIpc) is 2.80. The van der Waals surface area contributed by atoms with E-state index in [4.69, 9.17) is 12.2 Å². The maximum Gasteiger partial charge on any atom is 0.253 e. The minimum atomic E-state index is -0.0660. The summed E-state index contributed by atoms with van der Waals surface area (Å²) in [5.74, 6) is 0. The van der Waals surface area contributed by atoms with Crippen molar-refractivity contribution >= 4 is 28.2 Å². The number of pyridine rings is 1. The standard InChI is InChI=1S/C26H34N4OS/c1-4-29(5-2)15-9-14-27-26(32)30(18-21-10-7-6-8-11-21)19-23-17-22-16-20(3)12-13-24(22)28-25(23)31/h6-8,10-13,16-17H,4-5,9,14-15,18-19H2,1-3H3,(H,27,32)(H,28,31). The van der Waals surface area contributed by atoms with Gasteiger partial charge < -0.3 is 20.1 Å². The summed E-state index contributed by atoms with van der Waals surface area (Å²) in [4.78, 5) is 20.3. The van der Waals surface area contributed by atoms with E-state index in [1.807, 2.05) is 36.4 Å². The van der Waals surface area contributed by atoms with Gasteiger partial charge in [0.2, 0.25) is 0 Å². The molecular formula is C26H34N4OS. The Morgan fingerprint density at radius 1 is 1.03 bits per heavy atom. The smallest absolute Gasteiger partial charge is 0.253 e. The van der Waals surface area contributed by atoms with Crippen LogP contribution >= 0.6 is 12.2 Å². The molecule has 2 aromatic carbocycles. The Labute approximate surface area is 196 Å². The van der Waals surface area contributed by atoms with Gasteiger partial charge in [0.1, 0.15) is 0 Å². The second-order valence-electron chi connectivity index (χ2n) is 8.17. The van der Waals surface area contributed by atoms with Crippen molar-refractivity contribution in [2.45, 2.75) is 40.3 Å². The van der Waals surface area contributed by atoms with Crippen LogP contribution < -0.4 is 10.9 Å². The number of nitrogens with one attached hydrogen (secondary N) is 2. The zero-order valence-electron chi connectivity index (χ0n) is 19.4. The maximum absolute atomic E-state index is 12.8. The van der Waals surface area contributed by atoms with Gasteiger partial charge in [0, 0.05) is 24.2 Å². The van der Waals surface area contributed by atoms with Crippen LogP contribution in [-0.4, -0.2) is 46.1 Å². The molecular weight excluding hydrogens is 416 g/mol. The Bertz CT molecular complexity index is 1080. The summed E-state index contributed by atoms with van der Waals surface area (Å²) in [5.41, 5.74) is 3.83. The molecule has 1 heterocycles. The first-order valence-corrected chi connectivity index (χ1v) is 11.8. The molecule has 0 saturated carbocycles. The summed E-state index contributed by atoms with van der Waals surface area (Å²) >= 11 is 5.76. The summed E-state index contributed by atoms with van der Waals surface area (Å²) < 4.78 is 0. The monoisotopic (exact) mass is 450 g/mol. The lowest BCUT2D eigenvalue weighted by atomic mass is 10.1. The first-order chi connectivity index (χ1) is 15.5. The highest BCUT2D eigenvalue weighted by Crippen LogP contribution is 2.15. The number of aryl methyl sites for hydroxylation is 1. The predicted octanol–water partition coefficient (Wildman–Crippen LogP) is 4.45. The van der Waals surface area contributed by atoms with Crippen molar-refractivity contribution in [3.8, 4) is 0 Å². The molecule has 0 bridgehead atoms. The van der Waals surface area contributed by atoms with Crippen LogP contribution in [0.2, 0.25) is 0 Å². The zero-order chi connectivity index (χ0) is 22.9. The highest BCUT2D eigenvalue weighted by molar-refractivity contribution is 7.80. The fourth-order valence-corrected chi connectivity index (χ4v) is 4.08. The lowest BCUT2D eigenvalue weighted by Gasteiger charge is -2.26. The van der Waals surface area contributed by atoms with Gasteiger partial charge in [-0.1, -0.05) is 55.8 Å². The Morgan fingerprint density at radius 3 is 2.50 bits per heavy atom. The number of fused-ring (bicyclic) bond motifs is 1. The van der Waals surface area contributed by atoms with E-state index in [9.17, 15) is 4.79 Å². The Morgan fingerprint density at radius 2 is 1.78 bits per heavy atom. The number of aromatic nitrogens is 1. The number of hydrogen-bond acceptors (Lipinski definition) is 3. The number of nitrogens with zero attached hydrogens (tertiary/aromatic N) is 2. The molecule has 3 aromatic rings. The van der Waals surface area contributed by atoms with Crippen molar-refractivity contribution in [3.05, 3.63) is 81.6 Å². The highest BCUT2D eigenvalue weighted by atomic mass is 32.1. The van der Waals surface area contributed by atoms with Crippen LogP contribution in [0.4, 0.5) is 0 Å². The van der Waals surface area contributed by atoms with Crippen LogP contribution in [0.5, 0.6) is 0 Å². The minimum absolute atomic E-state index is 0.0660. The van der Waals surface area contributed by atoms with Crippen molar-refractivity contribution in [3.63, 3.8) is 0 Å². The molecule has 5 nitrogen and oxygen atoms in total. The molecule has 6 heteroatoms. The molecule has 0 amide bonds. The van der Waals surface area contributed by atoms with E-state index in [-0.39, 0.29) is 5.56 Å². The van der Waals surface area contributed by atoms with Crippen LogP contribution in [-0.2, 0) is 13.1 Å². The molecule has 0 saturated heterocycles. The van der Waals surface area contributed by atoms with Gasteiger partial charge in [-0.2, -0.15) is 0 Å². The van der Waals surface area contributed by atoms with Gasteiger partial charge in [0.15, 0.2) is 5.11 Å². The van der Waals surface area contributed by atoms with Crippen molar-refractivity contribution in [1.82, 2.24) is 20.1 Å². The maximum atomic E-state index is 12.8. The average molecular weight is 451 g/mol. The first-order valence-electron chi connectivity index (χ1n) is 11.4. The number of H-pyrrole nitrogens is 1. The van der Waals surface area contributed by atoms with E-state index in [2.05, 4.69) is 59.1 Å². The molecule has 170 valence electrons. The summed E-state index contributed by atoms with van der Waals surface area (Å²) in [6.45, 7) is 11.5. The van der Waals surface area contributed by atoms with Crippen molar-refractivity contribution in [2.24, 2.45) is 0 Å². The quantitative estimate of drug-likeness (QED) is 0.353. The van der Waals surface area contributed by atoms with Gasteiger partial charge in [-0.3, -0.25) is 4.79 Å². The van der Waals surface area contributed by atoms with Crippen LogP contribution in [0.1, 0.15) is 37.0 Å². The van der Waals surface area contributed by atoms with E-state index in [1.54, 1.807) is 0 Å². The van der Waals surface area contributed by atoms with Gasteiger partial charge in [-0.05, 0) is 74.3 Å². The van der Waals surface area contributed by atoms with E-state index < -0.39 is 0 Å². The van der Waals surface area contributed by atoms with Crippen molar-refractivity contribution in [1.29, 1.82) is 0 Å². The molecule has 32 heavy (non-hydrogen) atoms. The molecule has 0 unspecified atom stereocenters. The second kappa shape index (κ2) is 11.8. The highest BCUT2D eigenvalue weighted by Gasteiger charge is 2.14. The van der Waals surface area contributed by atoms with Gasteiger partial charge in [-0.15, -0.1) is 0 Å². The van der Waals surface area contributed by atoms with Gasteiger partial charge in [0.05, 0.1) is 6.54 Å². The SMILES string of the molecule is CCN(CC)CCCNC(=S)N(Cc1ccccc1)Cc1cc2cc(C)ccc2[nH]c1=O. The predicted molar refractivity (Wildman–Crippen MR) is 138 cm³/mol. The number of thiocarbonyl (C=S) groups is 1. The van der Waals surface area contributed by atoms with Gasteiger partial charge >= 0.3 is 0 Å². The molecule has 0 atom stereocenters. The van der Waals surface area contributed by atoms with Crippen molar-refractivity contribution < 1.29 is 0 Å². The summed E-state index contributed by atoms with van der Waals surface area (Å²) in [6.07, 6.45) is 1.02. The normalized spacial score (nSPS) is 11.1. The van der Waals surface area contributed by atoms with E-state index in [1.165, 1.54) is 5.56 Å². The number of hydrogen-bond donors (Lipinski definition) is 2. The zero-order valence-corrected chi connectivity index (χ0v) is 20.2. The van der Waals surface area contributed by atoms with E-state index in [0.29, 0.717) is 23.8 Å². The van der Waals surface area contributed by atoms with E-state index in [0.717, 1.165) is 49.1 Å². The Balaban J connectivity index is 1.75. The van der Waals surface area contributed by atoms with Crippen molar-refractivity contribution in [2.75, 3.05) is 26.2 Å². The third-order valence-electron chi connectivity index (χ3n) is 5.76. The van der Waals surface area contributed by atoms with Gasteiger partial charge in [-0.25, -0.2) is 0 Å². The van der Waals surface area contributed by atoms with Crippen LogP contribution in [0.15, 0.2) is 59.4 Å². The van der Waals surface area contributed by atoms with Crippen LogP contribution in [0.3, 0.4) is 0 Å². The molecule has 3 rings (SSSR count). The fourth-order valence-electron chi connectivity index (χ4n) is 3.85. The summed E-state index contributed by atoms with van der Waals surface area (Å²) in [5, 5.41) is 5.13. The van der Waals surface area contributed by atoms with E-state index >= 15 is 0 Å². The fraction of sp³-hybridized carbons (Fsp3) is 0.385. The number of aromatic amines is 1. The molecule has 0 aliphatic carbocycles. The second-order valence-corrected chi connectivity index (χ2v) is 8.56. The lowest BCUT2D eigenvalue weighted by molar-refractivity contribution is 0.299. The third-order valence-corrected chi connectivity index (χ3v) is 6.17. The summed E-state index contributed by atoms with van der Waals surface area (Å²) in [7, 11) is 0. The molecule has 0 aliphatic rings. The molecule has 1 aromatic heterocycles. The summed E-state index contributed by atoms with van der Waals surface area (Å²) in [6, 6.07) is 18.3.